The first kappa shape index (κ1) is 15.6. The lowest BCUT2D eigenvalue weighted by atomic mass is 10.1. The van der Waals surface area contributed by atoms with Crippen LogP contribution >= 0.6 is 43.2 Å². The van der Waals surface area contributed by atoms with Crippen molar-refractivity contribution in [1.82, 2.24) is 5.32 Å². The third kappa shape index (κ3) is 3.45. The summed E-state index contributed by atoms with van der Waals surface area (Å²) in [6, 6.07) is 4.21. The van der Waals surface area contributed by atoms with Gasteiger partial charge in [-0.3, -0.25) is 4.79 Å². The van der Waals surface area contributed by atoms with Gasteiger partial charge in [-0.05, 0) is 63.0 Å². The molecule has 7 heteroatoms. The Balaban J connectivity index is 2.17. The molecule has 0 fully saturated rings. The lowest BCUT2D eigenvalue weighted by molar-refractivity contribution is 0.0943. The lowest BCUT2D eigenvalue weighted by Crippen LogP contribution is -2.26. The van der Waals surface area contributed by atoms with E-state index in [-0.39, 0.29) is 11.5 Å². The summed E-state index contributed by atoms with van der Waals surface area (Å²) >= 11 is 7.85. The van der Waals surface area contributed by atoms with Crippen molar-refractivity contribution in [2.45, 2.75) is 13.0 Å². The molecule has 1 aromatic heterocycles. The Morgan fingerprint density at radius 1 is 1.30 bits per heavy atom. The molecule has 0 aliphatic carbocycles. The summed E-state index contributed by atoms with van der Waals surface area (Å²) in [5.41, 5.74) is 0.119. The minimum atomic E-state index is -0.627. The fraction of sp³-hybridized carbons (Fsp3) is 0.154. The van der Waals surface area contributed by atoms with Gasteiger partial charge in [-0.25, -0.2) is 8.78 Å². The van der Waals surface area contributed by atoms with Gasteiger partial charge >= 0.3 is 0 Å². The fourth-order valence-electron chi connectivity index (χ4n) is 1.65. The van der Waals surface area contributed by atoms with E-state index in [0.717, 1.165) is 26.5 Å². The molecule has 2 nitrogen and oxygen atoms in total. The van der Waals surface area contributed by atoms with Gasteiger partial charge < -0.3 is 5.32 Å². The highest BCUT2D eigenvalue weighted by atomic mass is 79.9. The van der Waals surface area contributed by atoms with E-state index in [1.165, 1.54) is 11.3 Å². The van der Waals surface area contributed by atoms with Crippen LogP contribution in [-0.2, 0) is 0 Å². The van der Waals surface area contributed by atoms with E-state index in [4.69, 9.17) is 0 Å². The second-order valence-electron chi connectivity index (χ2n) is 4.09. The summed E-state index contributed by atoms with van der Waals surface area (Å²) in [6.45, 7) is 1.60. The predicted octanol–water partition coefficient (Wildman–Crippen LogP) is 5.04. The van der Waals surface area contributed by atoms with Crippen LogP contribution in [0, 0.1) is 11.6 Å². The topological polar surface area (TPSA) is 29.1 Å². The monoisotopic (exact) mass is 423 g/mol. The van der Waals surface area contributed by atoms with Crippen LogP contribution in [0.3, 0.4) is 0 Å². The highest BCUT2D eigenvalue weighted by Gasteiger charge is 2.17. The number of thiophene rings is 1. The number of halogens is 4. The quantitative estimate of drug-likeness (QED) is 0.734. The van der Waals surface area contributed by atoms with Crippen LogP contribution < -0.4 is 5.32 Å². The van der Waals surface area contributed by atoms with E-state index in [1.807, 2.05) is 0 Å². The molecule has 1 heterocycles. The summed E-state index contributed by atoms with van der Waals surface area (Å²) < 4.78 is 28.3. The smallest absolute Gasteiger partial charge is 0.261 e. The number of carbonyl (C=O) groups excluding carboxylic acids is 1. The molecule has 2 aromatic rings. The van der Waals surface area contributed by atoms with E-state index < -0.39 is 17.7 Å². The number of rotatable bonds is 3. The van der Waals surface area contributed by atoms with Gasteiger partial charge in [-0.2, -0.15) is 0 Å². The number of nitrogens with one attached hydrogen (secondary N) is 1. The largest absolute Gasteiger partial charge is 0.345 e. The lowest BCUT2D eigenvalue weighted by Gasteiger charge is -2.14. The Morgan fingerprint density at radius 2 is 2.00 bits per heavy atom. The molecular weight excluding hydrogens is 416 g/mol. The SMILES string of the molecule is CC(NC(=O)c1cc(Br)c(Br)s1)c1cc(F)ccc1F. The van der Waals surface area contributed by atoms with Crippen molar-refractivity contribution in [3.8, 4) is 0 Å². The Morgan fingerprint density at radius 3 is 2.60 bits per heavy atom. The molecule has 0 saturated carbocycles. The fourth-order valence-corrected chi connectivity index (χ4v) is 3.59. The summed E-state index contributed by atoms with van der Waals surface area (Å²) in [6.07, 6.45) is 0. The zero-order valence-electron chi connectivity index (χ0n) is 10.2. The molecule has 0 aliphatic rings. The van der Waals surface area contributed by atoms with Crippen molar-refractivity contribution < 1.29 is 13.6 Å². The van der Waals surface area contributed by atoms with Gasteiger partial charge in [0.1, 0.15) is 11.6 Å². The highest BCUT2D eigenvalue weighted by molar-refractivity contribution is 9.13. The van der Waals surface area contributed by atoms with Gasteiger partial charge in [-0.15, -0.1) is 11.3 Å². The van der Waals surface area contributed by atoms with Gasteiger partial charge in [0, 0.05) is 10.0 Å². The van der Waals surface area contributed by atoms with Crippen LogP contribution in [0.4, 0.5) is 8.78 Å². The molecule has 2 rings (SSSR count). The van der Waals surface area contributed by atoms with Gasteiger partial charge in [-0.1, -0.05) is 0 Å². The summed E-state index contributed by atoms with van der Waals surface area (Å²) in [5, 5.41) is 2.64. The molecular formula is C13H9Br2F2NOS. The molecule has 0 spiro atoms. The minimum absolute atomic E-state index is 0.119. The molecule has 1 unspecified atom stereocenters. The Hall–Kier alpha value is -0.790. The molecule has 20 heavy (non-hydrogen) atoms. The minimum Gasteiger partial charge on any atom is -0.345 e. The van der Waals surface area contributed by atoms with Gasteiger partial charge in [0.05, 0.1) is 14.7 Å². The zero-order chi connectivity index (χ0) is 14.9. The second kappa shape index (κ2) is 6.32. The van der Waals surface area contributed by atoms with Crippen LogP contribution in [0.1, 0.15) is 28.2 Å². The number of carbonyl (C=O) groups is 1. The molecule has 0 radical (unpaired) electrons. The zero-order valence-corrected chi connectivity index (χ0v) is 14.2. The van der Waals surface area contributed by atoms with Crippen LogP contribution in [0.25, 0.3) is 0 Å². The first-order valence-electron chi connectivity index (χ1n) is 5.59. The van der Waals surface area contributed by atoms with E-state index in [2.05, 4.69) is 37.2 Å². The van der Waals surface area contributed by atoms with Gasteiger partial charge in [0.2, 0.25) is 0 Å². The number of hydrogen-bond acceptors (Lipinski definition) is 2. The Labute approximate surface area is 135 Å². The van der Waals surface area contributed by atoms with Crippen LogP contribution in [0.15, 0.2) is 32.5 Å². The van der Waals surface area contributed by atoms with Crippen molar-refractivity contribution in [3.63, 3.8) is 0 Å². The third-order valence-electron chi connectivity index (χ3n) is 2.64. The first-order valence-corrected chi connectivity index (χ1v) is 7.99. The van der Waals surface area contributed by atoms with E-state index in [0.29, 0.717) is 4.88 Å². The number of hydrogen-bond donors (Lipinski definition) is 1. The standard InChI is InChI=1S/C13H9Br2F2NOS/c1-6(8-4-7(16)2-3-10(8)17)18-13(19)11-5-9(14)12(15)20-11/h2-6H,1H3,(H,18,19). The summed E-state index contributed by atoms with van der Waals surface area (Å²) in [4.78, 5) is 12.5. The molecule has 1 atom stereocenters. The number of amides is 1. The average molecular weight is 425 g/mol. The van der Waals surface area contributed by atoms with Crippen molar-refractivity contribution in [2.75, 3.05) is 0 Å². The Kier molecular flexibility index (Phi) is 4.93. The van der Waals surface area contributed by atoms with E-state index in [9.17, 15) is 13.6 Å². The molecule has 0 bridgehead atoms. The van der Waals surface area contributed by atoms with Crippen LogP contribution in [0.5, 0.6) is 0 Å². The van der Waals surface area contributed by atoms with E-state index >= 15 is 0 Å². The molecule has 0 saturated heterocycles. The van der Waals surface area contributed by atoms with Gasteiger partial charge in [0.25, 0.3) is 5.91 Å². The van der Waals surface area contributed by atoms with Gasteiger partial charge in [0.15, 0.2) is 0 Å². The first-order chi connectivity index (χ1) is 9.38. The van der Waals surface area contributed by atoms with Crippen LogP contribution in [-0.4, -0.2) is 5.91 Å². The van der Waals surface area contributed by atoms with Crippen molar-refractivity contribution >= 4 is 49.1 Å². The maximum absolute atomic E-state index is 13.6. The third-order valence-corrected chi connectivity index (χ3v) is 5.90. The van der Waals surface area contributed by atoms with Crippen molar-refractivity contribution in [1.29, 1.82) is 0 Å². The molecule has 106 valence electrons. The number of benzene rings is 1. The average Bonchev–Trinajstić information content (AvgIpc) is 2.72. The van der Waals surface area contributed by atoms with Crippen LogP contribution in [0.2, 0.25) is 0 Å². The van der Waals surface area contributed by atoms with E-state index in [1.54, 1.807) is 13.0 Å². The maximum atomic E-state index is 13.6. The molecule has 0 aliphatic heterocycles. The predicted molar refractivity (Wildman–Crippen MR) is 82.0 cm³/mol. The highest BCUT2D eigenvalue weighted by Crippen LogP contribution is 2.32. The molecule has 1 aromatic carbocycles. The Bertz CT molecular complexity index is 640. The molecule has 1 amide bonds. The maximum Gasteiger partial charge on any atom is 0.261 e. The second-order valence-corrected chi connectivity index (χ2v) is 7.32. The summed E-state index contributed by atoms with van der Waals surface area (Å²) in [7, 11) is 0. The molecule has 1 N–H and O–H groups in total. The van der Waals surface area contributed by atoms with Crippen molar-refractivity contribution in [2.24, 2.45) is 0 Å². The van der Waals surface area contributed by atoms with Crippen molar-refractivity contribution in [3.05, 3.63) is 54.6 Å². The summed E-state index contributed by atoms with van der Waals surface area (Å²) in [5.74, 6) is -1.42. The normalized spacial score (nSPS) is 12.2.